The maximum Gasteiger partial charge on any atom is 0.126 e. The Morgan fingerprint density at radius 1 is 1.17 bits per heavy atom. The van der Waals surface area contributed by atoms with Gasteiger partial charge in [-0.25, -0.2) is 4.98 Å². The molecule has 0 aliphatic carbocycles. The van der Waals surface area contributed by atoms with Crippen LogP contribution in [0.3, 0.4) is 0 Å². The number of halogens is 1. The highest BCUT2D eigenvalue weighted by Crippen LogP contribution is 2.17. The average Bonchev–Trinajstić information content (AvgIpc) is 2.30. The van der Waals surface area contributed by atoms with E-state index in [0.717, 1.165) is 17.1 Å². The first kappa shape index (κ1) is 14.1. The first-order valence-corrected chi connectivity index (χ1v) is 5.45. The Morgan fingerprint density at radius 3 is 2.67 bits per heavy atom. The van der Waals surface area contributed by atoms with Crippen LogP contribution in [0.5, 0.6) is 0 Å². The van der Waals surface area contributed by atoms with E-state index in [2.05, 4.69) is 10.3 Å². The second-order valence-electron chi connectivity index (χ2n) is 4.03. The van der Waals surface area contributed by atoms with Gasteiger partial charge in [-0.1, -0.05) is 0 Å². The van der Waals surface area contributed by atoms with Crippen molar-refractivity contribution < 1.29 is 0 Å². The molecule has 96 valence electrons. The zero-order valence-electron chi connectivity index (χ0n) is 10.2. The molecule has 2 rings (SSSR count). The van der Waals surface area contributed by atoms with Crippen LogP contribution in [0.15, 0.2) is 36.5 Å². The normalized spacial score (nSPS) is 9.61. The van der Waals surface area contributed by atoms with Crippen LogP contribution in [0.4, 0.5) is 17.2 Å². The predicted molar refractivity (Wildman–Crippen MR) is 78.8 cm³/mol. The third-order valence-corrected chi connectivity index (χ3v) is 2.54. The van der Waals surface area contributed by atoms with E-state index < -0.39 is 0 Å². The molecule has 0 aliphatic rings. The molecule has 1 aromatic heterocycles. The summed E-state index contributed by atoms with van der Waals surface area (Å²) >= 11 is 0. The second-order valence-corrected chi connectivity index (χ2v) is 4.03. The first-order valence-electron chi connectivity index (χ1n) is 5.45. The Morgan fingerprint density at radius 2 is 1.94 bits per heavy atom. The summed E-state index contributed by atoms with van der Waals surface area (Å²) in [4.78, 5) is 4.22. The van der Waals surface area contributed by atoms with Crippen molar-refractivity contribution in [1.82, 2.24) is 4.98 Å². The van der Waals surface area contributed by atoms with E-state index in [-0.39, 0.29) is 12.4 Å². The van der Waals surface area contributed by atoms with Crippen molar-refractivity contribution in [3.05, 3.63) is 47.7 Å². The topological polar surface area (TPSA) is 77.0 Å². The molecule has 0 amide bonds. The van der Waals surface area contributed by atoms with Crippen LogP contribution in [-0.2, 0) is 6.54 Å². The smallest absolute Gasteiger partial charge is 0.126 e. The fraction of sp³-hybridized carbons (Fsp3) is 0.154. The number of rotatable bonds is 3. The molecule has 0 fully saturated rings. The number of benzene rings is 1. The van der Waals surface area contributed by atoms with E-state index in [0.29, 0.717) is 12.2 Å². The van der Waals surface area contributed by atoms with Crippen molar-refractivity contribution in [3.63, 3.8) is 0 Å². The number of aryl methyl sites for hydroxylation is 1. The molecule has 0 saturated carbocycles. The van der Waals surface area contributed by atoms with Gasteiger partial charge in [0.1, 0.15) is 5.82 Å². The van der Waals surface area contributed by atoms with Gasteiger partial charge in [0.2, 0.25) is 0 Å². The van der Waals surface area contributed by atoms with Gasteiger partial charge >= 0.3 is 0 Å². The average molecular weight is 265 g/mol. The van der Waals surface area contributed by atoms with Gasteiger partial charge in [-0.3, -0.25) is 0 Å². The van der Waals surface area contributed by atoms with Crippen molar-refractivity contribution in [2.24, 2.45) is 0 Å². The van der Waals surface area contributed by atoms with Crippen molar-refractivity contribution in [3.8, 4) is 0 Å². The van der Waals surface area contributed by atoms with Gasteiger partial charge in [-0.2, -0.15) is 0 Å². The molecule has 0 aliphatic heterocycles. The molecule has 18 heavy (non-hydrogen) atoms. The van der Waals surface area contributed by atoms with E-state index in [9.17, 15) is 0 Å². The van der Waals surface area contributed by atoms with Crippen LogP contribution in [0.1, 0.15) is 11.1 Å². The van der Waals surface area contributed by atoms with Gasteiger partial charge in [0.25, 0.3) is 0 Å². The Bertz CT molecular complexity index is 528. The SMILES string of the molecule is Cc1ccnc(NCc2cc(N)ccc2N)c1.Cl. The molecule has 5 N–H and O–H groups in total. The highest BCUT2D eigenvalue weighted by Gasteiger charge is 2.00. The number of nitrogens with one attached hydrogen (secondary N) is 1. The number of nitrogens with zero attached hydrogens (tertiary/aromatic N) is 1. The van der Waals surface area contributed by atoms with Gasteiger partial charge in [-0.15, -0.1) is 12.4 Å². The third kappa shape index (κ3) is 3.53. The molecule has 4 nitrogen and oxygen atoms in total. The minimum absolute atomic E-state index is 0. The minimum atomic E-state index is 0. The quantitative estimate of drug-likeness (QED) is 0.745. The lowest BCUT2D eigenvalue weighted by Crippen LogP contribution is -2.05. The summed E-state index contributed by atoms with van der Waals surface area (Å²) in [5.74, 6) is 0.840. The fourth-order valence-electron chi connectivity index (χ4n) is 1.60. The Labute approximate surface area is 113 Å². The standard InChI is InChI=1S/C13H16N4.ClH/c1-9-4-5-16-13(6-9)17-8-10-7-11(14)2-3-12(10)15;/h2-7H,8,14-15H2,1H3,(H,16,17);1H. The van der Waals surface area contributed by atoms with E-state index in [4.69, 9.17) is 11.5 Å². The maximum absolute atomic E-state index is 5.87. The summed E-state index contributed by atoms with van der Waals surface area (Å²) in [6.07, 6.45) is 1.78. The highest BCUT2D eigenvalue weighted by molar-refractivity contribution is 5.85. The lowest BCUT2D eigenvalue weighted by Gasteiger charge is -2.09. The lowest BCUT2D eigenvalue weighted by molar-refractivity contribution is 1.11. The van der Waals surface area contributed by atoms with E-state index in [1.54, 1.807) is 12.3 Å². The zero-order chi connectivity index (χ0) is 12.3. The lowest BCUT2D eigenvalue weighted by atomic mass is 10.1. The molecule has 2 aromatic rings. The molecule has 0 spiro atoms. The molecular weight excluding hydrogens is 248 g/mol. The molecule has 0 unspecified atom stereocenters. The predicted octanol–water partition coefficient (Wildman–Crippen LogP) is 2.59. The first-order chi connectivity index (χ1) is 8.15. The van der Waals surface area contributed by atoms with E-state index in [1.807, 2.05) is 31.2 Å². The minimum Gasteiger partial charge on any atom is -0.399 e. The molecule has 0 atom stereocenters. The Hall–Kier alpha value is -1.94. The van der Waals surface area contributed by atoms with Gasteiger partial charge in [0.05, 0.1) is 0 Å². The van der Waals surface area contributed by atoms with Crippen molar-refractivity contribution in [1.29, 1.82) is 0 Å². The van der Waals surface area contributed by atoms with Crippen LogP contribution in [-0.4, -0.2) is 4.98 Å². The fourth-order valence-corrected chi connectivity index (χ4v) is 1.60. The number of hydrogen-bond donors (Lipinski definition) is 3. The number of anilines is 3. The van der Waals surface area contributed by atoms with Crippen LogP contribution >= 0.6 is 12.4 Å². The van der Waals surface area contributed by atoms with Gasteiger partial charge < -0.3 is 16.8 Å². The summed E-state index contributed by atoms with van der Waals surface area (Å²) in [6, 6.07) is 9.43. The van der Waals surface area contributed by atoms with Crippen LogP contribution in [0.25, 0.3) is 0 Å². The molecule has 1 aromatic carbocycles. The van der Waals surface area contributed by atoms with Gasteiger partial charge in [0, 0.05) is 24.1 Å². The summed E-state index contributed by atoms with van der Waals surface area (Å²) in [7, 11) is 0. The van der Waals surface area contributed by atoms with Crippen molar-refractivity contribution >= 4 is 29.6 Å². The summed E-state index contributed by atoms with van der Waals surface area (Å²) in [5.41, 5.74) is 15.2. The number of pyridine rings is 1. The second kappa shape index (κ2) is 6.12. The number of hydrogen-bond acceptors (Lipinski definition) is 4. The zero-order valence-corrected chi connectivity index (χ0v) is 11.0. The molecule has 0 bridgehead atoms. The van der Waals surface area contributed by atoms with Crippen LogP contribution in [0, 0.1) is 6.92 Å². The largest absolute Gasteiger partial charge is 0.399 e. The maximum atomic E-state index is 5.87. The van der Waals surface area contributed by atoms with E-state index >= 15 is 0 Å². The van der Waals surface area contributed by atoms with Gasteiger partial charge in [0.15, 0.2) is 0 Å². The van der Waals surface area contributed by atoms with E-state index in [1.165, 1.54) is 5.56 Å². The molecule has 1 heterocycles. The van der Waals surface area contributed by atoms with Gasteiger partial charge in [-0.05, 0) is 48.4 Å². The van der Waals surface area contributed by atoms with Crippen LogP contribution < -0.4 is 16.8 Å². The summed E-state index contributed by atoms with van der Waals surface area (Å²) in [6.45, 7) is 2.65. The monoisotopic (exact) mass is 264 g/mol. The Kier molecular flexibility index (Phi) is 4.80. The number of aromatic nitrogens is 1. The molecule has 0 saturated heterocycles. The number of nitrogens with two attached hydrogens (primary N) is 2. The highest BCUT2D eigenvalue weighted by atomic mass is 35.5. The van der Waals surface area contributed by atoms with Crippen LogP contribution in [0.2, 0.25) is 0 Å². The number of nitrogen functional groups attached to an aromatic ring is 2. The summed E-state index contributed by atoms with van der Waals surface area (Å²) in [5, 5.41) is 3.22. The summed E-state index contributed by atoms with van der Waals surface area (Å²) < 4.78 is 0. The third-order valence-electron chi connectivity index (χ3n) is 2.54. The van der Waals surface area contributed by atoms with Crippen molar-refractivity contribution in [2.75, 3.05) is 16.8 Å². The Balaban J connectivity index is 0.00000162. The van der Waals surface area contributed by atoms with Crippen molar-refractivity contribution in [2.45, 2.75) is 13.5 Å². The molecule has 0 radical (unpaired) electrons. The molecule has 5 heteroatoms. The molecular formula is C13H17ClN4.